The monoisotopic (exact) mass is 825 g/mol. The Morgan fingerprint density at radius 3 is 1.18 bits per heavy atom. The van der Waals surface area contributed by atoms with Crippen LogP contribution in [0.3, 0.4) is 0 Å². The highest BCUT2D eigenvalue weighted by molar-refractivity contribution is 7.47. The topological polar surface area (TPSA) is 210 Å². The summed E-state index contributed by atoms with van der Waals surface area (Å²) in [5, 5.41) is 50.1. The van der Waals surface area contributed by atoms with E-state index in [0.29, 0.717) is 12.8 Å². The molecule has 1 rings (SSSR count). The highest BCUT2D eigenvalue weighted by atomic mass is 31.2. The van der Waals surface area contributed by atoms with Gasteiger partial charge in [0.25, 0.3) is 0 Å². The number of unbranched alkanes of at least 4 members (excludes halogenated alkanes) is 25. The summed E-state index contributed by atoms with van der Waals surface area (Å²) in [7, 11) is -5.11. The number of esters is 2. The number of aliphatic hydroxyl groups is 5. The number of hydrogen-bond donors (Lipinski definition) is 6. The Morgan fingerprint density at radius 2 is 0.804 bits per heavy atom. The third kappa shape index (κ3) is 26.1. The Labute approximate surface area is 338 Å². The minimum atomic E-state index is -5.11. The first kappa shape index (κ1) is 52.9. The van der Waals surface area contributed by atoms with Crippen molar-refractivity contribution in [1.29, 1.82) is 0 Å². The van der Waals surface area contributed by atoms with Crippen LogP contribution in [-0.4, -0.2) is 98.3 Å². The first-order chi connectivity index (χ1) is 26.9. The molecule has 0 spiro atoms. The van der Waals surface area contributed by atoms with Gasteiger partial charge in [0.15, 0.2) is 6.10 Å². The zero-order valence-electron chi connectivity index (χ0n) is 34.9. The van der Waals surface area contributed by atoms with Crippen molar-refractivity contribution in [3.05, 3.63) is 0 Å². The molecule has 0 amide bonds. The molecule has 0 aromatic heterocycles. The number of hydrogen-bond acceptors (Lipinski definition) is 12. The van der Waals surface area contributed by atoms with Gasteiger partial charge in [-0.1, -0.05) is 174 Å². The molecule has 3 unspecified atom stereocenters. The Balaban J connectivity index is 2.47. The van der Waals surface area contributed by atoms with Crippen molar-refractivity contribution in [2.24, 2.45) is 0 Å². The number of ether oxygens (including phenoxy) is 2. The second-order valence-electron chi connectivity index (χ2n) is 15.9. The Morgan fingerprint density at radius 1 is 0.482 bits per heavy atom. The summed E-state index contributed by atoms with van der Waals surface area (Å²) in [5.74, 6) is -1.09. The number of phosphoric acid groups is 1. The Bertz CT molecular complexity index is 1000. The van der Waals surface area contributed by atoms with Gasteiger partial charge in [-0.15, -0.1) is 0 Å². The van der Waals surface area contributed by atoms with Crippen LogP contribution in [-0.2, 0) is 32.7 Å². The van der Waals surface area contributed by atoms with Crippen LogP contribution in [0.5, 0.6) is 0 Å². The molecular weight excluding hydrogens is 743 g/mol. The van der Waals surface area contributed by atoms with Crippen molar-refractivity contribution < 1.29 is 63.1 Å². The van der Waals surface area contributed by atoms with Gasteiger partial charge in [0.05, 0.1) is 6.61 Å². The predicted molar refractivity (Wildman–Crippen MR) is 217 cm³/mol. The summed E-state index contributed by atoms with van der Waals surface area (Å²) < 4.78 is 33.5. The van der Waals surface area contributed by atoms with E-state index in [2.05, 4.69) is 13.8 Å². The maximum absolute atomic E-state index is 12.8. The van der Waals surface area contributed by atoms with E-state index in [1.54, 1.807) is 0 Å². The molecule has 13 nitrogen and oxygen atoms in total. The van der Waals surface area contributed by atoms with Gasteiger partial charge in [0.1, 0.15) is 43.2 Å². The molecule has 0 aromatic rings. The zero-order valence-corrected chi connectivity index (χ0v) is 35.8. The van der Waals surface area contributed by atoms with Crippen LogP contribution in [0.25, 0.3) is 0 Å². The van der Waals surface area contributed by atoms with Gasteiger partial charge < -0.3 is 39.9 Å². The lowest BCUT2D eigenvalue weighted by molar-refractivity contribution is -0.220. The molecule has 6 N–H and O–H groups in total. The lowest BCUT2D eigenvalue weighted by atomic mass is 9.85. The van der Waals surface area contributed by atoms with E-state index >= 15 is 0 Å². The third-order valence-electron chi connectivity index (χ3n) is 10.7. The maximum atomic E-state index is 12.8. The third-order valence-corrected chi connectivity index (χ3v) is 11.7. The van der Waals surface area contributed by atoms with Crippen LogP contribution in [0.2, 0.25) is 0 Å². The molecule has 0 aliphatic heterocycles. The van der Waals surface area contributed by atoms with Crippen LogP contribution in [0.15, 0.2) is 0 Å². The smallest absolute Gasteiger partial charge is 0.462 e. The van der Waals surface area contributed by atoms with Crippen LogP contribution in [0, 0.1) is 0 Å². The molecule has 56 heavy (non-hydrogen) atoms. The molecule has 0 radical (unpaired) electrons. The molecule has 1 fully saturated rings. The summed E-state index contributed by atoms with van der Waals surface area (Å²) in [5.41, 5.74) is 0. The summed E-state index contributed by atoms with van der Waals surface area (Å²) in [6.45, 7) is 3.30. The van der Waals surface area contributed by atoms with E-state index in [9.17, 15) is 44.6 Å². The van der Waals surface area contributed by atoms with Gasteiger partial charge in [0, 0.05) is 12.8 Å². The van der Waals surface area contributed by atoms with Crippen molar-refractivity contribution in [2.45, 2.75) is 243 Å². The average Bonchev–Trinajstić information content (AvgIpc) is 3.18. The van der Waals surface area contributed by atoms with Crippen molar-refractivity contribution in [1.82, 2.24) is 0 Å². The number of rotatable bonds is 37. The molecule has 0 saturated heterocycles. The Kier molecular flexibility index (Phi) is 31.8. The average molecular weight is 825 g/mol. The minimum Gasteiger partial charge on any atom is -0.462 e. The minimum absolute atomic E-state index is 0.104. The van der Waals surface area contributed by atoms with Gasteiger partial charge in [0.2, 0.25) is 0 Å². The molecule has 0 aromatic carbocycles. The number of phosphoric ester groups is 1. The first-order valence-corrected chi connectivity index (χ1v) is 23.8. The number of aliphatic hydroxyl groups excluding tert-OH is 5. The van der Waals surface area contributed by atoms with Crippen molar-refractivity contribution >= 4 is 19.8 Å². The van der Waals surface area contributed by atoms with Gasteiger partial charge in [-0.25, -0.2) is 4.57 Å². The van der Waals surface area contributed by atoms with E-state index in [4.69, 9.17) is 18.5 Å². The second kappa shape index (κ2) is 33.7. The van der Waals surface area contributed by atoms with Crippen molar-refractivity contribution in [3.8, 4) is 0 Å². The van der Waals surface area contributed by atoms with Gasteiger partial charge in [-0.05, 0) is 12.8 Å². The van der Waals surface area contributed by atoms with Gasteiger partial charge >= 0.3 is 19.8 Å². The van der Waals surface area contributed by atoms with Crippen LogP contribution < -0.4 is 0 Å². The molecule has 14 heteroatoms. The quantitative estimate of drug-likeness (QED) is 0.0199. The van der Waals surface area contributed by atoms with Crippen LogP contribution in [0.1, 0.15) is 200 Å². The highest BCUT2D eigenvalue weighted by Gasteiger charge is 2.51. The molecule has 8 atom stereocenters. The maximum Gasteiger partial charge on any atom is 0.472 e. The molecule has 1 aliphatic rings. The predicted octanol–water partition coefficient (Wildman–Crippen LogP) is 8.11. The lowest BCUT2D eigenvalue weighted by Crippen LogP contribution is -2.64. The molecule has 1 saturated carbocycles. The standard InChI is InChI=1S/C42H81O13P/c1-3-5-7-9-11-13-15-17-19-21-23-25-27-29-31-36(44)54-34(33-53-56(50,51)55-42-40(48)38(46)37(45)39(47)41(42)49)32-52-35(43)30-28-26-24-22-20-18-16-14-12-10-8-6-4-2/h34,37-42,45-49H,3-33H2,1-2H3,(H,50,51)/t34-,37?,38-,39+,40-,41-,42?/m1/s1. The zero-order chi connectivity index (χ0) is 41.4. The lowest BCUT2D eigenvalue weighted by Gasteiger charge is -2.41. The summed E-state index contributed by atoms with van der Waals surface area (Å²) in [6, 6.07) is 0. The fourth-order valence-electron chi connectivity index (χ4n) is 7.05. The van der Waals surface area contributed by atoms with E-state index in [-0.39, 0.29) is 12.8 Å². The summed E-state index contributed by atoms with van der Waals surface area (Å²) >= 11 is 0. The molecule has 332 valence electrons. The van der Waals surface area contributed by atoms with Crippen molar-refractivity contribution in [2.75, 3.05) is 13.2 Å². The van der Waals surface area contributed by atoms with E-state index in [0.717, 1.165) is 38.5 Å². The SMILES string of the molecule is CCCCCCCCCCCCCCCCC(=O)O[C@H](COC(=O)CCCCCCCCCCCCCCC)COP(=O)(O)OC1[C@H](O)[C@H](O)C(O)[C@H](O)[C@H]1O. The van der Waals surface area contributed by atoms with E-state index in [1.165, 1.54) is 122 Å². The second-order valence-corrected chi connectivity index (χ2v) is 17.3. The van der Waals surface area contributed by atoms with Gasteiger partial charge in [-0.3, -0.25) is 18.6 Å². The number of carbonyl (C=O) groups is 2. The van der Waals surface area contributed by atoms with E-state index < -0.39 is 75.7 Å². The van der Waals surface area contributed by atoms with Crippen molar-refractivity contribution in [3.63, 3.8) is 0 Å². The number of carbonyl (C=O) groups excluding carboxylic acids is 2. The van der Waals surface area contributed by atoms with Crippen LogP contribution in [0.4, 0.5) is 0 Å². The highest BCUT2D eigenvalue weighted by Crippen LogP contribution is 2.47. The summed E-state index contributed by atoms with van der Waals surface area (Å²) in [4.78, 5) is 35.6. The molecule has 0 heterocycles. The summed E-state index contributed by atoms with van der Waals surface area (Å²) in [6.07, 6.45) is 18.7. The fraction of sp³-hybridized carbons (Fsp3) is 0.952. The van der Waals surface area contributed by atoms with Gasteiger partial charge in [-0.2, -0.15) is 0 Å². The fourth-order valence-corrected chi connectivity index (χ4v) is 8.03. The Hall–Kier alpha value is -1.15. The molecular formula is C42H81O13P. The van der Waals surface area contributed by atoms with Crippen LogP contribution >= 0.6 is 7.82 Å². The first-order valence-electron chi connectivity index (χ1n) is 22.3. The largest absolute Gasteiger partial charge is 0.472 e. The molecule has 0 bridgehead atoms. The normalized spacial score (nSPS) is 22.8. The molecule has 1 aliphatic carbocycles. The van der Waals surface area contributed by atoms with E-state index in [1.807, 2.05) is 0 Å².